The lowest BCUT2D eigenvalue weighted by molar-refractivity contribution is -0.118. The van der Waals surface area contributed by atoms with Crippen molar-refractivity contribution >= 4 is 17.7 Å². The molecule has 0 aliphatic heterocycles. The van der Waals surface area contributed by atoms with Gasteiger partial charge in [0.25, 0.3) is 0 Å². The molecule has 2 aromatic rings. The van der Waals surface area contributed by atoms with Crippen LogP contribution >= 0.6 is 0 Å². The highest BCUT2D eigenvalue weighted by molar-refractivity contribution is 5.97. The number of carbonyl (C=O) groups is 1. The van der Waals surface area contributed by atoms with Crippen molar-refractivity contribution in [2.24, 2.45) is 0 Å². The fourth-order valence-corrected chi connectivity index (χ4v) is 4.04. The molecule has 1 amide bonds. The van der Waals surface area contributed by atoms with Crippen LogP contribution in [-0.2, 0) is 4.79 Å². The summed E-state index contributed by atoms with van der Waals surface area (Å²) in [5, 5.41) is 15.6. The van der Waals surface area contributed by atoms with Crippen LogP contribution in [0.4, 0.5) is 5.69 Å². The van der Waals surface area contributed by atoms with Crippen molar-refractivity contribution in [2.45, 2.75) is 65.5 Å². The van der Waals surface area contributed by atoms with E-state index in [1.807, 2.05) is 6.08 Å². The highest BCUT2D eigenvalue weighted by atomic mass is 16.3. The lowest BCUT2D eigenvalue weighted by Gasteiger charge is -2.15. The summed E-state index contributed by atoms with van der Waals surface area (Å²) in [6.07, 6.45) is 7.12. The zero-order valence-electron chi connectivity index (χ0n) is 18.6. The number of carbonyl (C=O) groups excluding carboxylic acids is 1. The third-order valence-electron chi connectivity index (χ3n) is 5.92. The van der Waals surface area contributed by atoms with E-state index in [1.54, 1.807) is 13.8 Å². The number of hydrogen-bond donors (Lipinski definition) is 3. The predicted molar refractivity (Wildman–Crippen MR) is 126 cm³/mol. The minimum Gasteiger partial charge on any atom is -0.394 e. The Morgan fingerprint density at radius 2 is 1.80 bits per heavy atom. The predicted octanol–water partition coefficient (Wildman–Crippen LogP) is 5.23. The Labute approximate surface area is 180 Å². The first-order valence-electron chi connectivity index (χ1n) is 11.0. The van der Waals surface area contributed by atoms with Crippen LogP contribution in [0.3, 0.4) is 0 Å². The van der Waals surface area contributed by atoms with Crippen LogP contribution in [-0.4, -0.2) is 29.7 Å². The molecule has 3 rings (SSSR count). The Morgan fingerprint density at radius 1 is 1.13 bits per heavy atom. The van der Waals surface area contributed by atoms with Gasteiger partial charge in [0.15, 0.2) is 0 Å². The van der Waals surface area contributed by atoms with Gasteiger partial charge in [0, 0.05) is 23.3 Å². The van der Waals surface area contributed by atoms with Crippen molar-refractivity contribution in [3.63, 3.8) is 0 Å². The van der Waals surface area contributed by atoms with Gasteiger partial charge >= 0.3 is 0 Å². The van der Waals surface area contributed by atoms with Gasteiger partial charge < -0.3 is 15.7 Å². The zero-order valence-corrected chi connectivity index (χ0v) is 18.6. The average molecular weight is 407 g/mol. The summed E-state index contributed by atoms with van der Waals surface area (Å²) in [5.74, 6) is -0.150. The van der Waals surface area contributed by atoms with Crippen molar-refractivity contribution in [3.8, 4) is 11.1 Å². The van der Waals surface area contributed by atoms with Crippen LogP contribution in [0.1, 0.15) is 56.2 Å². The number of rotatable bonds is 7. The van der Waals surface area contributed by atoms with Gasteiger partial charge in [-0.1, -0.05) is 37.1 Å². The Morgan fingerprint density at radius 3 is 2.43 bits per heavy atom. The van der Waals surface area contributed by atoms with Crippen molar-refractivity contribution in [2.75, 3.05) is 11.9 Å². The van der Waals surface area contributed by atoms with Crippen LogP contribution in [0.15, 0.2) is 42.0 Å². The van der Waals surface area contributed by atoms with Crippen LogP contribution < -0.4 is 10.6 Å². The van der Waals surface area contributed by atoms with Gasteiger partial charge in [-0.25, -0.2) is 0 Å². The maximum absolute atomic E-state index is 12.3. The van der Waals surface area contributed by atoms with Gasteiger partial charge in [-0.15, -0.1) is 0 Å². The van der Waals surface area contributed by atoms with Crippen molar-refractivity contribution in [1.82, 2.24) is 5.32 Å². The molecule has 1 fully saturated rings. The van der Waals surface area contributed by atoms with Gasteiger partial charge in [0.1, 0.15) is 0 Å². The molecule has 1 saturated carbocycles. The van der Waals surface area contributed by atoms with E-state index < -0.39 is 0 Å². The molecule has 1 aliphatic carbocycles. The summed E-state index contributed by atoms with van der Waals surface area (Å²) in [6, 6.07) is 13.4. The second-order valence-corrected chi connectivity index (χ2v) is 8.61. The Balaban J connectivity index is 1.77. The molecule has 0 aromatic heterocycles. The molecule has 1 aliphatic rings. The van der Waals surface area contributed by atoms with Crippen LogP contribution in [0.25, 0.3) is 17.2 Å². The monoisotopic (exact) mass is 406 g/mol. The van der Waals surface area contributed by atoms with E-state index in [0.717, 1.165) is 11.1 Å². The number of aryl methyl sites for hydroxylation is 2. The van der Waals surface area contributed by atoms with Crippen molar-refractivity contribution in [3.05, 3.63) is 58.7 Å². The molecular formula is C26H34N2O2. The second kappa shape index (κ2) is 9.94. The normalized spacial score (nSPS) is 15.8. The molecule has 4 nitrogen and oxygen atoms in total. The highest BCUT2D eigenvalue weighted by Crippen LogP contribution is 2.29. The SMILES string of the molecule is CC(=Cc1cc(C)c(-c2ccc(NC3CCCC3)cc2)cc1C)C(=O)N[C@@H](C)CO. The third-order valence-corrected chi connectivity index (χ3v) is 5.92. The quantitative estimate of drug-likeness (QED) is 0.552. The molecule has 0 unspecified atom stereocenters. The first kappa shape index (κ1) is 22.1. The Hall–Kier alpha value is -2.59. The van der Waals surface area contributed by atoms with Crippen LogP contribution in [0.2, 0.25) is 0 Å². The number of aliphatic hydroxyl groups is 1. The first-order chi connectivity index (χ1) is 14.4. The topological polar surface area (TPSA) is 61.4 Å². The molecule has 0 heterocycles. The standard InChI is InChI=1S/C26H34N2O2/c1-17-15-25(21-9-11-24(12-10-21)28-23-7-5-6-8-23)18(2)13-22(17)14-19(3)26(30)27-20(4)16-29/h9-15,20,23,28-29H,5-8,16H2,1-4H3,(H,27,30)/t20-/m0/s1. The van der Waals surface area contributed by atoms with Gasteiger partial charge in [0.05, 0.1) is 6.61 Å². The maximum atomic E-state index is 12.3. The Bertz CT molecular complexity index is 909. The fraction of sp³-hybridized carbons (Fsp3) is 0.423. The third kappa shape index (κ3) is 5.51. The number of hydrogen-bond acceptors (Lipinski definition) is 3. The smallest absolute Gasteiger partial charge is 0.247 e. The average Bonchev–Trinajstić information content (AvgIpc) is 3.24. The van der Waals surface area contributed by atoms with E-state index in [2.05, 4.69) is 60.9 Å². The number of nitrogens with one attached hydrogen (secondary N) is 2. The summed E-state index contributed by atoms with van der Waals surface area (Å²) < 4.78 is 0. The van der Waals surface area contributed by atoms with Crippen molar-refractivity contribution in [1.29, 1.82) is 0 Å². The molecule has 4 heteroatoms. The molecule has 0 saturated heterocycles. The number of aliphatic hydroxyl groups excluding tert-OH is 1. The molecule has 0 radical (unpaired) electrons. The highest BCUT2D eigenvalue weighted by Gasteiger charge is 2.14. The van der Waals surface area contributed by atoms with Crippen LogP contribution in [0.5, 0.6) is 0 Å². The molecule has 30 heavy (non-hydrogen) atoms. The largest absolute Gasteiger partial charge is 0.394 e. The first-order valence-corrected chi connectivity index (χ1v) is 11.0. The summed E-state index contributed by atoms with van der Waals surface area (Å²) in [5.41, 5.74) is 7.60. The fourth-order valence-electron chi connectivity index (χ4n) is 4.04. The number of benzene rings is 2. The molecule has 160 valence electrons. The van der Waals surface area contributed by atoms with Gasteiger partial charge in [0.2, 0.25) is 5.91 Å². The van der Waals surface area contributed by atoms with E-state index in [4.69, 9.17) is 5.11 Å². The zero-order chi connectivity index (χ0) is 21.7. The molecule has 0 spiro atoms. The summed E-state index contributed by atoms with van der Waals surface area (Å²) in [6.45, 7) is 7.70. The van der Waals surface area contributed by atoms with Crippen LogP contribution in [0, 0.1) is 13.8 Å². The van der Waals surface area contributed by atoms with Crippen molar-refractivity contribution < 1.29 is 9.90 Å². The Kier molecular flexibility index (Phi) is 7.33. The van der Waals surface area contributed by atoms with Gasteiger partial charge in [-0.3, -0.25) is 4.79 Å². The lowest BCUT2D eigenvalue weighted by Crippen LogP contribution is -2.35. The summed E-state index contributed by atoms with van der Waals surface area (Å²) in [7, 11) is 0. The summed E-state index contributed by atoms with van der Waals surface area (Å²) in [4.78, 5) is 12.3. The minimum absolute atomic E-state index is 0.0686. The van der Waals surface area contributed by atoms with E-state index in [1.165, 1.54) is 48.1 Å². The maximum Gasteiger partial charge on any atom is 0.247 e. The molecule has 2 aromatic carbocycles. The second-order valence-electron chi connectivity index (χ2n) is 8.61. The van der Waals surface area contributed by atoms with Gasteiger partial charge in [-0.05, 0) is 86.6 Å². The lowest BCUT2D eigenvalue weighted by atomic mass is 9.94. The summed E-state index contributed by atoms with van der Waals surface area (Å²) >= 11 is 0. The van der Waals surface area contributed by atoms with E-state index in [0.29, 0.717) is 11.6 Å². The molecule has 0 bridgehead atoms. The van der Waals surface area contributed by atoms with Gasteiger partial charge in [-0.2, -0.15) is 0 Å². The van der Waals surface area contributed by atoms with E-state index in [9.17, 15) is 4.79 Å². The number of anilines is 1. The van der Waals surface area contributed by atoms with E-state index in [-0.39, 0.29) is 18.6 Å². The van der Waals surface area contributed by atoms with E-state index >= 15 is 0 Å². The molecule has 1 atom stereocenters. The molecule has 3 N–H and O–H groups in total. The minimum atomic E-state index is -0.253. The number of amides is 1. The molecular weight excluding hydrogens is 372 g/mol.